The molecule has 20 heavy (non-hydrogen) atoms. The van der Waals surface area contributed by atoms with Crippen molar-refractivity contribution in [1.82, 2.24) is 5.32 Å². The van der Waals surface area contributed by atoms with Crippen molar-refractivity contribution < 1.29 is 5.11 Å². The van der Waals surface area contributed by atoms with E-state index in [4.69, 9.17) is 17.3 Å². The summed E-state index contributed by atoms with van der Waals surface area (Å²) in [4.78, 5) is 4.17. The highest BCUT2D eigenvalue weighted by molar-refractivity contribution is 14.0. The number of benzene rings is 1. The highest BCUT2D eigenvalue weighted by atomic mass is 127. The van der Waals surface area contributed by atoms with Gasteiger partial charge in [0.05, 0.1) is 6.54 Å². The molecule has 0 bridgehead atoms. The molecular weight excluding hydrogens is 389 g/mol. The second-order valence-corrected chi connectivity index (χ2v) is 6.24. The van der Waals surface area contributed by atoms with Crippen molar-refractivity contribution in [2.45, 2.75) is 38.8 Å². The van der Waals surface area contributed by atoms with Crippen LogP contribution >= 0.6 is 35.6 Å². The largest absolute Gasteiger partial charge is 0.383 e. The van der Waals surface area contributed by atoms with Crippen molar-refractivity contribution in [1.29, 1.82) is 0 Å². The summed E-state index contributed by atoms with van der Waals surface area (Å²) in [5, 5.41) is 14.0. The number of nitrogens with one attached hydrogen (secondary N) is 1. The van der Waals surface area contributed by atoms with Crippen LogP contribution in [0.2, 0.25) is 5.02 Å². The van der Waals surface area contributed by atoms with E-state index in [1.807, 2.05) is 32.9 Å². The molecule has 0 amide bonds. The Bertz CT molecular complexity index is 470. The summed E-state index contributed by atoms with van der Waals surface area (Å²) in [5.74, 6) is 0.305. The molecule has 4 nitrogen and oxygen atoms in total. The third-order valence-corrected chi connectivity index (χ3v) is 2.84. The summed E-state index contributed by atoms with van der Waals surface area (Å²) in [6.07, 6.45) is 0. The van der Waals surface area contributed by atoms with Gasteiger partial charge in [-0.05, 0) is 33.8 Å². The van der Waals surface area contributed by atoms with Gasteiger partial charge in [0, 0.05) is 16.1 Å². The van der Waals surface area contributed by atoms with Gasteiger partial charge in [-0.15, -0.1) is 24.0 Å². The molecule has 6 heteroatoms. The third kappa shape index (κ3) is 6.28. The second-order valence-electron chi connectivity index (χ2n) is 5.83. The average Bonchev–Trinajstić information content (AvgIpc) is 2.24. The van der Waals surface area contributed by atoms with Crippen molar-refractivity contribution in [3.8, 4) is 0 Å². The van der Waals surface area contributed by atoms with Crippen LogP contribution in [0.25, 0.3) is 0 Å². The van der Waals surface area contributed by atoms with Crippen molar-refractivity contribution in [3.05, 3.63) is 34.9 Å². The maximum absolute atomic E-state index is 10.4. The lowest BCUT2D eigenvalue weighted by atomic mass is 9.96. The van der Waals surface area contributed by atoms with Gasteiger partial charge in [-0.25, -0.2) is 0 Å². The van der Waals surface area contributed by atoms with Gasteiger partial charge in [-0.3, -0.25) is 4.99 Å². The maximum atomic E-state index is 10.4. The van der Waals surface area contributed by atoms with Crippen molar-refractivity contribution in [2.75, 3.05) is 6.54 Å². The summed E-state index contributed by atoms with van der Waals surface area (Å²) in [7, 11) is 0. The average molecular weight is 412 g/mol. The molecule has 0 aliphatic carbocycles. The van der Waals surface area contributed by atoms with Gasteiger partial charge >= 0.3 is 0 Å². The molecule has 0 heterocycles. The van der Waals surface area contributed by atoms with Crippen LogP contribution in [0.15, 0.2) is 29.3 Å². The van der Waals surface area contributed by atoms with E-state index in [0.717, 1.165) is 0 Å². The highest BCUT2D eigenvalue weighted by Crippen LogP contribution is 2.27. The number of guanidine groups is 1. The van der Waals surface area contributed by atoms with Gasteiger partial charge in [-0.2, -0.15) is 0 Å². The van der Waals surface area contributed by atoms with E-state index in [1.165, 1.54) is 0 Å². The smallest absolute Gasteiger partial charge is 0.189 e. The van der Waals surface area contributed by atoms with Gasteiger partial charge in [0.1, 0.15) is 5.60 Å². The van der Waals surface area contributed by atoms with Gasteiger partial charge in [0.2, 0.25) is 0 Å². The molecule has 1 atom stereocenters. The summed E-state index contributed by atoms with van der Waals surface area (Å²) in [6, 6.07) is 7.17. The Labute approximate surface area is 142 Å². The Kier molecular flexibility index (Phi) is 7.27. The van der Waals surface area contributed by atoms with Crippen LogP contribution in [-0.2, 0) is 5.60 Å². The molecule has 1 unspecified atom stereocenters. The fraction of sp³-hybridized carbons (Fsp3) is 0.500. The minimum atomic E-state index is -1.15. The molecule has 1 rings (SSSR count). The van der Waals surface area contributed by atoms with E-state index in [9.17, 15) is 5.11 Å². The van der Waals surface area contributed by atoms with E-state index < -0.39 is 5.60 Å². The molecule has 0 fully saturated rings. The molecule has 114 valence electrons. The molecule has 0 spiro atoms. The molecular formula is C14H23ClIN3O. The van der Waals surface area contributed by atoms with Crippen LogP contribution in [0.5, 0.6) is 0 Å². The Morgan fingerprint density at radius 1 is 1.30 bits per heavy atom. The monoisotopic (exact) mass is 411 g/mol. The van der Waals surface area contributed by atoms with E-state index in [-0.39, 0.29) is 36.1 Å². The fourth-order valence-corrected chi connectivity index (χ4v) is 1.99. The first kappa shape index (κ1) is 19.5. The van der Waals surface area contributed by atoms with E-state index >= 15 is 0 Å². The maximum Gasteiger partial charge on any atom is 0.189 e. The van der Waals surface area contributed by atoms with Gasteiger partial charge < -0.3 is 16.2 Å². The Morgan fingerprint density at radius 2 is 1.85 bits per heavy atom. The Balaban J connectivity index is 0.00000361. The van der Waals surface area contributed by atoms with Crippen molar-refractivity contribution in [3.63, 3.8) is 0 Å². The minimum Gasteiger partial charge on any atom is -0.383 e. The highest BCUT2D eigenvalue weighted by Gasteiger charge is 2.25. The summed E-state index contributed by atoms with van der Waals surface area (Å²) >= 11 is 6.08. The second kappa shape index (κ2) is 7.47. The predicted octanol–water partition coefficient (Wildman–Crippen LogP) is 2.87. The normalized spacial score (nSPS) is 15.2. The van der Waals surface area contributed by atoms with E-state index in [1.54, 1.807) is 19.1 Å². The Morgan fingerprint density at radius 3 is 2.35 bits per heavy atom. The fourth-order valence-electron chi connectivity index (χ4n) is 1.65. The Hall–Kier alpha value is -0.530. The van der Waals surface area contributed by atoms with Crippen LogP contribution in [0.4, 0.5) is 0 Å². The van der Waals surface area contributed by atoms with Crippen LogP contribution in [0.1, 0.15) is 33.3 Å². The minimum absolute atomic E-state index is 0. The van der Waals surface area contributed by atoms with Gasteiger partial charge in [-0.1, -0.05) is 29.8 Å². The quantitative estimate of drug-likeness (QED) is 0.407. The lowest BCUT2D eigenvalue weighted by molar-refractivity contribution is 0.0674. The number of halogens is 2. The number of hydrogen-bond donors (Lipinski definition) is 3. The molecule has 0 aromatic heterocycles. The molecule has 4 N–H and O–H groups in total. The van der Waals surface area contributed by atoms with E-state index in [0.29, 0.717) is 16.5 Å². The standard InChI is InChI=1S/C14H22ClN3O.HI/c1-13(2,3)18-12(16)17-9-14(4,19)10-7-5-6-8-11(10)15;/h5-8,19H,9H2,1-4H3,(H3,16,17,18);1H. The number of nitrogens with two attached hydrogens (primary N) is 1. The summed E-state index contributed by atoms with van der Waals surface area (Å²) < 4.78 is 0. The number of nitrogens with zero attached hydrogens (tertiary/aromatic N) is 1. The van der Waals surface area contributed by atoms with Crippen LogP contribution in [-0.4, -0.2) is 23.1 Å². The van der Waals surface area contributed by atoms with Gasteiger partial charge in [0.15, 0.2) is 5.96 Å². The molecule has 0 aliphatic rings. The number of aliphatic imine (C=N–C) groups is 1. The van der Waals surface area contributed by atoms with Crippen LogP contribution < -0.4 is 11.1 Å². The summed E-state index contributed by atoms with van der Waals surface area (Å²) in [5.41, 5.74) is 5.11. The molecule has 0 saturated heterocycles. The topological polar surface area (TPSA) is 70.6 Å². The number of aliphatic hydroxyl groups is 1. The number of rotatable bonds is 3. The zero-order valence-corrected chi connectivity index (χ0v) is 15.4. The number of hydrogen-bond acceptors (Lipinski definition) is 2. The molecule has 1 aromatic carbocycles. The van der Waals surface area contributed by atoms with Crippen molar-refractivity contribution in [2.24, 2.45) is 10.7 Å². The van der Waals surface area contributed by atoms with Crippen LogP contribution in [0.3, 0.4) is 0 Å². The first-order chi connectivity index (χ1) is 8.62. The zero-order chi connectivity index (χ0) is 14.7. The SMILES string of the molecule is CC(C)(C)NC(N)=NCC(C)(O)c1ccccc1Cl.I. The third-order valence-electron chi connectivity index (χ3n) is 2.51. The van der Waals surface area contributed by atoms with Gasteiger partial charge in [0.25, 0.3) is 0 Å². The lowest BCUT2D eigenvalue weighted by Gasteiger charge is -2.25. The van der Waals surface area contributed by atoms with Crippen LogP contribution in [0, 0.1) is 0 Å². The molecule has 0 aliphatic heterocycles. The first-order valence-corrected chi connectivity index (χ1v) is 6.55. The van der Waals surface area contributed by atoms with Crippen molar-refractivity contribution >= 4 is 41.5 Å². The van der Waals surface area contributed by atoms with E-state index in [2.05, 4.69) is 10.3 Å². The lowest BCUT2D eigenvalue weighted by Crippen LogP contribution is -2.45. The summed E-state index contributed by atoms with van der Waals surface area (Å²) in [6.45, 7) is 7.78. The molecule has 1 aromatic rings. The molecule has 0 saturated carbocycles. The zero-order valence-electron chi connectivity index (χ0n) is 12.3. The predicted molar refractivity (Wildman–Crippen MR) is 95.8 cm³/mol. The first-order valence-electron chi connectivity index (χ1n) is 6.17. The molecule has 0 radical (unpaired) electrons.